The van der Waals surface area contributed by atoms with Gasteiger partial charge in [-0.15, -0.1) is 0 Å². The lowest BCUT2D eigenvalue weighted by Gasteiger charge is -2.23. The van der Waals surface area contributed by atoms with Gasteiger partial charge in [0.05, 0.1) is 11.2 Å². The average molecular weight is 389 g/mol. The van der Waals surface area contributed by atoms with Gasteiger partial charge in [0, 0.05) is 44.5 Å². The van der Waals surface area contributed by atoms with E-state index in [0.29, 0.717) is 38.2 Å². The second kappa shape index (κ2) is 6.78. The van der Waals surface area contributed by atoms with E-state index in [0.717, 1.165) is 23.1 Å². The normalized spacial score (nSPS) is 18.1. The topological polar surface area (TPSA) is 74.1 Å². The van der Waals surface area contributed by atoms with Crippen LogP contribution in [0.1, 0.15) is 6.42 Å². The Labute approximate surface area is 158 Å². The Hall–Kier alpha value is -2.16. The van der Waals surface area contributed by atoms with Crippen LogP contribution in [0.4, 0.5) is 0 Å². The highest BCUT2D eigenvalue weighted by atomic mass is 32.2. The van der Waals surface area contributed by atoms with E-state index in [1.165, 1.54) is 4.31 Å². The van der Waals surface area contributed by atoms with Crippen LogP contribution in [0.25, 0.3) is 11.0 Å². The van der Waals surface area contributed by atoms with Crippen molar-refractivity contribution in [2.75, 3.05) is 46.8 Å². The van der Waals surface area contributed by atoms with Crippen LogP contribution in [0.3, 0.4) is 0 Å². The number of hydrogen-bond donors (Lipinski definition) is 0. The molecule has 0 radical (unpaired) electrons. The fourth-order valence-electron chi connectivity index (χ4n) is 3.62. The van der Waals surface area contributed by atoms with Gasteiger partial charge in [-0.3, -0.25) is 4.79 Å². The van der Waals surface area contributed by atoms with E-state index in [1.54, 1.807) is 30.5 Å². The summed E-state index contributed by atoms with van der Waals surface area (Å²) in [6, 6.07) is 6.68. The molecule has 0 aliphatic carbocycles. The van der Waals surface area contributed by atoms with Crippen LogP contribution in [0.15, 0.2) is 51.0 Å². The van der Waals surface area contributed by atoms with Crippen molar-refractivity contribution in [3.05, 3.63) is 41.7 Å². The Balaban J connectivity index is 1.43. The van der Waals surface area contributed by atoms with Gasteiger partial charge in [-0.25, -0.2) is 8.42 Å². The Morgan fingerprint density at radius 2 is 1.81 bits per heavy atom. The fourth-order valence-corrected chi connectivity index (χ4v) is 5.09. The number of carbonyl (C=O) groups is 1. The molecular formula is C19H23N3O4S. The quantitative estimate of drug-likeness (QED) is 0.725. The first-order valence-electron chi connectivity index (χ1n) is 8.94. The molecule has 1 aromatic carbocycles. The minimum Gasteiger partial charge on any atom is -0.464 e. The molecule has 0 spiro atoms. The maximum atomic E-state index is 13.0. The summed E-state index contributed by atoms with van der Waals surface area (Å²) in [5, 5.41) is 0.772. The van der Waals surface area contributed by atoms with Gasteiger partial charge in [0.25, 0.3) is 0 Å². The maximum Gasteiger partial charge on any atom is 0.243 e. The summed E-state index contributed by atoms with van der Waals surface area (Å²) in [7, 11) is 0.318. The Kier molecular flexibility index (Phi) is 4.57. The van der Waals surface area contributed by atoms with Gasteiger partial charge in [-0.1, -0.05) is 0 Å². The van der Waals surface area contributed by atoms with Crippen molar-refractivity contribution in [1.82, 2.24) is 14.1 Å². The number of carbonyl (C=O) groups excluding carboxylic acids is 1. The zero-order valence-corrected chi connectivity index (χ0v) is 16.3. The highest BCUT2D eigenvalue weighted by molar-refractivity contribution is 7.89. The molecule has 7 nitrogen and oxygen atoms in total. The number of furan rings is 1. The monoisotopic (exact) mass is 389 g/mol. The number of nitrogens with zero attached hydrogens (tertiary/aromatic N) is 3. The average Bonchev–Trinajstić information content (AvgIpc) is 3.32. The maximum absolute atomic E-state index is 13.0. The van der Waals surface area contributed by atoms with Gasteiger partial charge >= 0.3 is 0 Å². The zero-order valence-electron chi connectivity index (χ0n) is 15.5. The van der Waals surface area contributed by atoms with Gasteiger partial charge in [-0.2, -0.15) is 4.31 Å². The first-order valence-corrected chi connectivity index (χ1v) is 10.4. The molecule has 1 amide bonds. The van der Waals surface area contributed by atoms with Crippen LogP contribution >= 0.6 is 0 Å². The largest absolute Gasteiger partial charge is 0.464 e. The van der Waals surface area contributed by atoms with E-state index in [4.69, 9.17) is 4.42 Å². The van der Waals surface area contributed by atoms with E-state index in [1.807, 2.05) is 23.9 Å². The van der Waals surface area contributed by atoms with E-state index in [9.17, 15) is 13.2 Å². The van der Waals surface area contributed by atoms with Gasteiger partial charge in [0.15, 0.2) is 0 Å². The van der Waals surface area contributed by atoms with Crippen molar-refractivity contribution >= 4 is 26.9 Å². The highest BCUT2D eigenvalue weighted by Crippen LogP contribution is 2.31. The molecule has 0 atom stereocenters. The molecule has 0 fully saturated rings. The van der Waals surface area contributed by atoms with Gasteiger partial charge in [0.1, 0.15) is 5.58 Å². The molecule has 2 aliphatic rings. The predicted octanol–water partition coefficient (Wildman–Crippen LogP) is 1.53. The van der Waals surface area contributed by atoms with Crippen molar-refractivity contribution in [3.63, 3.8) is 0 Å². The first kappa shape index (κ1) is 18.2. The van der Waals surface area contributed by atoms with Gasteiger partial charge < -0.3 is 14.2 Å². The number of hydrogen-bond acceptors (Lipinski definition) is 5. The fraction of sp³-hybridized carbons (Fsp3) is 0.421. The van der Waals surface area contributed by atoms with E-state index >= 15 is 0 Å². The lowest BCUT2D eigenvalue weighted by atomic mass is 10.2. The molecule has 8 heteroatoms. The Bertz CT molecular complexity index is 1000. The Morgan fingerprint density at radius 3 is 2.48 bits per heavy atom. The molecule has 0 saturated heterocycles. The van der Waals surface area contributed by atoms with Crippen LogP contribution in [-0.4, -0.2) is 75.2 Å². The van der Waals surface area contributed by atoms with E-state index < -0.39 is 10.0 Å². The molecule has 0 bridgehead atoms. The van der Waals surface area contributed by atoms with Crippen molar-refractivity contribution < 1.29 is 17.6 Å². The van der Waals surface area contributed by atoms with Crippen LogP contribution in [0, 0.1) is 0 Å². The van der Waals surface area contributed by atoms with Crippen molar-refractivity contribution in [3.8, 4) is 0 Å². The number of benzene rings is 1. The molecular weight excluding hydrogens is 366 g/mol. The van der Waals surface area contributed by atoms with E-state index in [2.05, 4.69) is 0 Å². The summed E-state index contributed by atoms with van der Waals surface area (Å²) < 4.78 is 32.8. The summed E-state index contributed by atoms with van der Waals surface area (Å²) in [5.74, 6) is 0.123. The summed E-state index contributed by atoms with van der Waals surface area (Å²) in [4.78, 5) is 16.4. The summed E-state index contributed by atoms with van der Waals surface area (Å²) in [6.07, 6.45) is 2.04. The van der Waals surface area contributed by atoms with Crippen LogP contribution in [0.5, 0.6) is 0 Å². The number of rotatable bonds is 5. The van der Waals surface area contributed by atoms with Gasteiger partial charge in [-0.05, 0) is 49.5 Å². The van der Waals surface area contributed by atoms with Crippen LogP contribution in [0.2, 0.25) is 0 Å². The standard InChI is InChI=1S/C19H23N3O4S/c1-20(2)7-5-19(23)21-10-15-12-22(13-16(15)11-21)27(24,25)17-3-4-18-14(9-17)6-8-26-18/h3-4,6,8-9H,5,7,10-13H2,1-2H3. The SMILES string of the molecule is CN(C)CCC(=O)N1CC2=C(C1)CN(S(=O)(=O)c1ccc3occc3c1)C2. The molecule has 1 aromatic heterocycles. The van der Waals surface area contributed by atoms with Crippen molar-refractivity contribution in [2.24, 2.45) is 0 Å². The molecule has 144 valence electrons. The van der Waals surface area contributed by atoms with Crippen LogP contribution < -0.4 is 0 Å². The van der Waals surface area contributed by atoms with Crippen LogP contribution in [-0.2, 0) is 14.8 Å². The summed E-state index contributed by atoms with van der Waals surface area (Å²) >= 11 is 0. The summed E-state index contributed by atoms with van der Waals surface area (Å²) in [5.41, 5.74) is 2.78. The van der Waals surface area contributed by atoms with Crippen molar-refractivity contribution in [2.45, 2.75) is 11.3 Å². The molecule has 2 aromatic rings. The summed E-state index contributed by atoms with van der Waals surface area (Å²) in [6.45, 7) is 2.51. The Morgan fingerprint density at radius 1 is 1.11 bits per heavy atom. The molecule has 27 heavy (non-hydrogen) atoms. The highest BCUT2D eigenvalue weighted by Gasteiger charge is 2.37. The second-order valence-electron chi connectivity index (χ2n) is 7.40. The molecule has 2 aliphatic heterocycles. The number of sulfonamides is 1. The third-order valence-electron chi connectivity index (χ3n) is 5.19. The molecule has 4 rings (SSSR count). The smallest absolute Gasteiger partial charge is 0.243 e. The van der Waals surface area contributed by atoms with Gasteiger partial charge in [0.2, 0.25) is 15.9 Å². The zero-order chi connectivity index (χ0) is 19.2. The first-order chi connectivity index (χ1) is 12.8. The van der Waals surface area contributed by atoms with Crippen molar-refractivity contribution in [1.29, 1.82) is 0 Å². The third kappa shape index (κ3) is 3.40. The second-order valence-corrected chi connectivity index (χ2v) is 9.34. The molecule has 0 unspecified atom stereocenters. The third-order valence-corrected chi connectivity index (χ3v) is 6.97. The lowest BCUT2D eigenvalue weighted by molar-refractivity contribution is -0.130. The molecule has 0 N–H and O–H groups in total. The minimum atomic E-state index is -3.57. The lowest BCUT2D eigenvalue weighted by Crippen LogP contribution is -2.37. The number of fused-ring (bicyclic) bond motifs is 1. The molecule has 3 heterocycles. The minimum absolute atomic E-state index is 0.123. The number of amides is 1. The van der Waals surface area contributed by atoms with E-state index in [-0.39, 0.29) is 10.8 Å². The molecule has 0 saturated carbocycles. The predicted molar refractivity (Wildman–Crippen MR) is 102 cm³/mol.